The van der Waals surface area contributed by atoms with E-state index < -0.39 is 6.04 Å². The molecule has 0 saturated heterocycles. The van der Waals surface area contributed by atoms with Crippen LogP contribution in [-0.2, 0) is 11.2 Å². The Hall–Kier alpha value is -3.67. The number of nitrogens with one attached hydrogen (secondary N) is 1. The highest BCUT2D eigenvalue weighted by Crippen LogP contribution is 2.38. The van der Waals surface area contributed by atoms with Gasteiger partial charge in [0.1, 0.15) is 5.65 Å². The lowest BCUT2D eigenvalue weighted by molar-refractivity contribution is -0.124. The molecule has 6 heteroatoms. The van der Waals surface area contributed by atoms with Gasteiger partial charge in [-0.15, -0.1) is 0 Å². The first-order chi connectivity index (χ1) is 19.9. The van der Waals surface area contributed by atoms with Gasteiger partial charge in [0.25, 0.3) is 0 Å². The van der Waals surface area contributed by atoms with Crippen LogP contribution in [-0.4, -0.2) is 27.0 Å². The Morgan fingerprint density at radius 2 is 1.73 bits per heavy atom. The summed E-state index contributed by atoms with van der Waals surface area (Å²) >= 11 is 6.44. The molecule has 2 aromatic heterocycles. The van der Waals surface area contributed by atoms with E-state index in [9.17, 15) is 9.90 Å². The zero-order chi connectivity index (χ0) is 28.5. The summed E-state index contributed by atoms with van der Waals surface area (Å²) in [4.78, 5) is 18.7. The predicted molar refractivity (Wildman–Crippen MR) is 166 cm³/mol. The van der Waals surface area contributed by atoms with E-state index in [0.717, 1.165) is 75.9 Å². The first-order valence-corrected chi connectivity index (χ1v) is 14.9. The molecule has 1 fully saturated rings. The lowest BCUT2D eigenvalue weighted by Gasteiger charge is -2.26. The molecule has 1 aliphatic rings. The van der Waals surface area contributed by atoms with Crippen molar-refractivity contribution in [1.82, 2.24) is 14.7 Å². The summed E-state index contributed by atoms with van der Waals surface area (Å²) in [6.07, 6.45) is 5.10. The maximum Gasteiger partial charge on any atom is 0.228 e. The maximum atomic E-state index is 13.8. The van der Waals surface area contributed by atoms with E-state index in [2.05, 4.69) is 53.0 Å². The summed E-state index contributed by atoms with van der Waals surface area (Å²) in [5.41, 5.74) is 8.45. The molecule has 0 aliphatic heterocycles. The highest BCUT2D eigenvalue weighted by atomic mass is 35.5. The molecule has 2 atom stereocenters. The van der Waals surface area contributed by atoms with E-state index in [1.54, 1.807) is 0 Å². The van der Waals surface area contributed by atoms with Crippen LogP contribution in [0.15, 0.2) is 78.9 Å². The van der Waals surface area contributed by atoms with Crippen molar-refractivity contribution in [3.63, 3.8) is 0 Å². The average molecular weight is 566 g/mol. The topological polar surface area (TPSA) is 66.6 Å². The number of halogens is 1. The molecule has 2 N–H and O–H groups in total. The smallest absolute Gasteiger partial charge is 0.228 e. The van der Waals surface area contributed by atoms with E-state index in [1.807, 2.05) is 49.4 Å². The normalized spacial score (nSPS) is 15.4. The van der Waals surface area contributed by atoms with Gasteiger partial charge in [0.15, 0.2) is 0 Å². The Bertz CT molecular complexity index is 1690. The molecule has 0 spiro atoms. The number of nitrogens with zero attached hydrogens (tertiary/aromatic N) is 2. The molecule has 3 aromatic carbocycles. The number of hydrogen-bond acceptors (Lipinski definition) is 3. The number of aryl methyl sites for hydroxylation is 2. The number of hydrogen-bond donors (Lipinski definition) is 2. The van der Waals surface area contributed by atoms with Crippen molar-refractivity contribution in [1.29, 1.82) is 0 Å². The molecule has 1 amide bonds. The van der Waals surface area contributed by atoms with Crippen LogP contribution in [0.2, 0.25) is 5.02 Å². The fraction of sp³-hybridized carbons (Fsp3) is 0.314. The number of aromatic nitrogens is 2. The summed E-state index contributed by atoms with van der Waals surface area (Å²) in [7, 11) is 0. The second-order valence-corrected chi connectivity index (χ2v) is 11.9. The molecular weight excluding hydrogens is 530 g/mol. The third-order valence-corrected chi connectivity index (χ3v) is 8.87. The Morgan fingerprint density at radius 1 is 1.00 bits per heavy atom. The number of carbonyl (C=O) groups excluding carboxylic acids is 1. The van der Waals surface area contributed by atoms with Crippen LogP contribution in [0, 0.1) is 19.8 Å². The van der Waals surface area contributed by atoms with E-state index >= 15 is 0 Å². The fourth-order valence-corrected chi connectivity index (χ4v) is 6.86. The minimum absolute atomic E-state index is 0.0123. The third-order valence-electron chi connectivity index (χ3n) is 8.63. The van der Waals surface area contributed by atoms with Crippen LogP contribution in [0.4, 0.5) is 0 Å². The van der Waals surface area contributed by atoms with Gasteiger partial charge in [-0.2, -0.15) is 0 Å². The zero-order valence-corrected chi connectivity index (χ0v) is 24.4. The molecule has 6 rings (SSSR count). The van der Waals surface area contributed by atoms with Gasteiger partial charge in [-0.05, 0) is 73.6 Å². The van der Waals surface area contributed by atoms with Crippen molar-refractivity contribution < 1.29 is 9.90 Å². The number of rotatable bonds is 8. The fourth-order valence-electron chi connectivity index (χ4n) is 6.69. The highest BCUT2D eigenvalue weighted by molar-refractivity contribution is 6.31. The van der Waals surface area contributed by atoms with Gasteiger partial charge >= 0.3 is 0 Å². The van der Waals surface area contributed by atoms with Crippen molar-refractivity contribution in [3.05, 3.63) is 118 Å². The Balaban J connectivity index is 1.31. The average Bonchev–Trinajstić information content (AvgIpc) is 3.60. The van der Waals surface area contributed by atoms with E-state index in [-0.39, 0.29) is 18.4 Å². The first-order valence-electron chi connectivity index (χ1n) is 14.5. The lowest BCUT2D eigenvalue weighted by atomic mass is 9.83. The number of benzene rings is 3. The molecular formula is C35H36ClN3O2. The predicted octanol–water partition coefficient (Wildman–Crippen LogP) is 7.47. The number of amides is 1. The van der Waals surface area contributed by atoms with E-state index in [4.69, 9.17) is 16.6 Å². The van der Waals surface area contributed by atoms with Crippen LogP contribution in [0.1, 0.15) is 71.3 Å². The lowest BCUT2D eigenvalue weighted by Crippen LogP contribution is -2.37. The minimum Gasteiger partial charge on any atom is -0.394 e. The Labute approximate surface area is 246 Å². The molecule has 5 nitrogen and oxygen atoms in total. The maximum absolute atomic E-state index is 13.8. The molecule has 1 unspecified atom stereocenters. The Morgan fingerprint density at radius 3 is 2.44 bits per heavy atom. The largest absolute Gasteiger partial charge is 0.394 e. The standard InChI is InChI=1S/C35H36ClN3O2/c1-22-18-23(2)39-32-17-16-28(36)20-29(32)30(34(39)37-22)19-24-12-14-27(15-13-24)33(26-10-6-7-11-26)35(41)38-31(21-40)25-8-4-3-5-9-25/h3-5,8-9,12-18,20,26,31,33,40H,6-7,10-11,19,21H2,1-2H3,(H,38,41)/t31-,33?/m0/s1. The summed E-state index contributed by atoms with van der Waals surface area (Å²) < 4.78 is 2.22. The number of aliphatic hydroxyl groups is 1. The van der Waals surface area contributed by atoms with Crippen LogP contribution in [0.3, 0.4) is 0 Å². The summed E-state index contributed by atoms with van der Waals surface area (Å²) in [6.45, 7) is 4.01. The summed E-state index contributed by atoms with van der Waals surface area (Å²) in [5.74, 6) is 0.0422. The van der Waals surface area contributed by atoms with Crippen molar-refractivity contribution in [2.75, 3.05) is 6.61 Å². The molecule has 0 bridgehead atoms. The van der Waals surface area contributed by atoms with Crippen LogP contribution < -0.4 is 5.32 Å². The molecule has 2 heterocycles. The number of fused-ring (bicyclic) bond motifs is 3. The van der Waals surface area contributed by atoms with Gasteiger partial charge < -0.3 is 10.4 Å². The van der Waals surface area contributed by atoms with Crippen LogP contribution >= 0.6 is 11.6 Å². The molecule has 0 radical (unpaired) electrons. The summed E-state index contributed by atoms with van der Waals surface area (Å²) in [6, 6.07) is 25.9. The third kappa shape index (κ3) is 5.49. The van der Waals surface area contributed by atoms with Crippen molar-refractivity contribution >= 4 is 34.1 Å². The summed E-state index contributed by atoms with van der Waals surface area (Å²) in [5, 5.41) is 15.1. The number of carbonyl (C=O) groups is 1. The quantitative estimate of drug-likeness (QED) is 0.205. The van der Waals surface area contributed by atoms with Gasteiger partial charge in [0.05, 0.1) is 24.1 Å². The minimum atomic E-state index is -0.422. The van der Waals surface area contributed by atoms with Gasteiger partial charge in [0, 0.05) is 33.8 Å². The van der Waals surface area contributed by atoms with Gasteiger partial charge in [-0.25, -0.2) is 4.98 Å². The van der Waals surface area contributed by atoms with Gasteiger partial charge in [-0.1, -0.05) is 79.0 Å². The second kappa shape index (κ2) is 11.7. The molecule has 41 heavy (non-hydrogen) atoms. The van der Waals surface area contributed by atoms with Crippen LogP contribution in [0.25, 0.3) is 16.6 Å². The molecule has 1 saturated carbocycles. The monoisotopic (exact) mass is 565 g/mol. The second-order valence-electron chi connectivity index (χ2n) is 11.4. The van der Waals surface area contributed by atoms with Gasteiger partial charge in [0.2, 0.25) is 5.91 Å². The molecule has 5 aromatic rings. The highest BCUT2D eigenvalue weighted by Gasteiger charge is 2.33. The van der Waals surface area contributed by atoms with Gasteiger partial charge in [-0.3, -0.25) is 9.20 Å². The van der Waals surface area contributed by atoms with Crippen LogP contribution in [0.5, 0.6) is 0 Å². The zero-order valence-electron chi connectivity index (χ0n) is 23.6. The number of aliphatic hydroxyl groups excluding tert-OH is 1. The van der Waals surface area contributed by atoms with Crippen molar-refractivity contribution in [2.24, 2.45) is 5.92 Å². The van der Waals surface area contributed by atoms with E-state index in [1.165, 1.54) is 0 Å². The van der Waals surface area contributed by atoms with E-state index in [0.29, 0.717) is 17.4 Å². The SMILES string of the molecule is Cc1cc(C)n2c(n1)c(Cc1ccc(C(C(=O)N[C@@H](CO)c3ccccc3)C3CCCC3)cc1)c1cc(Cl)ccc12. The van der Waals surface area contributed by atoms with Crippen molar-refractivity contribution in [2.45, 2.75) is 57.9 Å². The molecule has 210 valence electrons. The first kappa shape index (κ1) is 27.5. The molecule has 1 aliphatic carbocycles. The Kier molecular flexibility index (Phi) is 7.83. The van der Waals surface area contributed by atoms with Crippen molar-refractivity contribution in [3.8, 4) is 0 Å².